The Morgan fingerprint density at radius 3 is 2.21 bits per heavy atom. The molecule has 3 amide bonds. The van der Waals surface area contributed by atoms with Gasteiger partial charge in [-0.1, -0.05) is 6.07 Å². The summed E-state index contributed by atoms with van der Waals surface area (Å²) in [4.78, 5) is 50.5. The largest absolute Gasteiger partial charge is 0.456 e. The molecule has 0 aromatic heterocycles. The minimum atomic E-state index is -0.596. The first-order valence-corrected chi connectivity index (χ1v) is 10.2. The fourth-order valence-electron chi connectivity index (χ4n) is 5.36. The average Bonchev–Trinajstić information content (AvgIpc) is 3.32. The Kier molecular flexibility index (Phi) is 5.15. The van der Waals surface area contributed by atoms with Crippen LogP contribution < -0.4 is 5.32 Å². The summed E-state index contributed by atoms with van der Waals surface area (Å²) in [5, 5.41) is 2.70. The van der Waals surface area contributed by atoms with Gasteiger partial charge < -0.3 is 10.1 Å². The molecule has 0 spiro atoms. The van der Waals surface area contributed by atoms with Gasteiger partial charge in [0.15, 0.2) is 6.61 Å². The molecule has 1 aromatic rings. The lowest BCUT2D eigenvalue weighted by atomic mass is 9.81. The fourth-order valence-corrected chi connectivity index (χ4v) is 5.36. The number of rotatable bonds is 6. The van der Waals surface area contributed by atoms with E-state index in [1.165, 1.54) is 4.90 Å². The van der Waals surface area contributed by atoms with E-state index in [9.17, 15) is 19.2 Å². The lowest BCUT2D eigenvalue weighted by Crippen LogP contribution is -2.35. The van der Waals surface area contributed by atoms with Gasteiger partial charge in [0.05, 0.1) is 18.3 Å². The molecule has 4 atom stereocenters. The molecule has 3 fully saturated rings. The van der Waals surface area contributed by atoms with Gasteiger partial charge in [0.25, 0.3) is 5.91 Å². The van der Waals surface area contributed by atoms with Crippen molar-refractivity contribution in [3.63, 3.8) is 0 Å². The third kappa shape index (κ3) is 3.78. The number of benzene rings is 1. The number of carbonyl (C=O) groups is 4. The summed E-state index contributed by atoms with van der Waals surface area (Å²) >= 11 is 0. The summed E-state index contributed by atoms with van der Waals surface area (Å²) < 4.78 is 5.02. The summed E-state index contributed by atoms with van der Waals surface area (Å²) in [6.07, 6.45) is 2.94. The van der Waals surface area contributed by atoms with Gasteiger partial charge in [-0.05, 0) is 68.2 Å². The summed E-state index contributed by atoms with van der Waals surface area (Å²) in [5.74, 6) is -0.995. The molecule has 3 aliphatic rings. The van der Waals surface area contributed by atoms with Gasteiger partial charge in [-0.15, -0.1) is 0 Å². The van der Waals surface area contributed by atoms with Crippen LogP contribution >= 0.6 is 0 Å². The van der Waals surface area contributed by atoms with Gasteiger partial charge in [-0.25, -0.2) is 0 Å². The quantitative estimate of drug-likeness (QED) is 0.586. The molecule has 0 radical (unpaired) electrons. The first-order valence-electron chi connectivity index (χ1n) is 10.2. The van der Waals surface area contributed by atoms with E-state index in [1.807, 2.05) is 32.0 Å². The van der Waals surface area contributed by atoms with E-state index in [4.69, 9.17) is 4.74 Å². The first kappa shape index (κ1) is 19.6. The molecule has 2 saturated carbocycles. The number of likely N-dealkylation sites (tertiary alicyclic amines) is 1. The number of fused-ring (bicyclic) bond motifs is 5. The summed E-state index contributed by atoms with van der Waals surface area (Å²) in [6.45, 7) is 3.50. The van der Waals surface area contributed by atoms with Crippen LogP contribution in [0.3, 0.4) is 0 Å². The van der Waals surface area contributed by atoms with E-state index in [0.29, 0.717) is 17.5 Å². The van der Waals surface area contributed by atoms with Gasteiger partial charge in [-0.3, -0.25) is 24.1 Å². The lowest BCUT2D eigenvalue weighted by molar-refractivity contribution is -0.149. The number of hydrogen-bond donors (Lipinski definition) is 1. The van der Waals surface area contributed by atoms with Crippen LogP contribution in [0.4, 0.5) is 5.69 Å². The van der Waals surface area contributed by atoms with Gasteiger partial charge >= 0.3 is 5.97 Å². The van der Waals surface area contributed by atoms with Crippen LogP contribution in [-0.4, -0.2) is 41.7 Å². The number of anilines is 1. The van der Waals surface area contributed by atoms with Crippen molar-refractivity contribution >= 4 is 29.4 Å². The third-order valence-corrected chi connectivity index (χ3v) is 6.43. The third-order valence-electron chi connectivity index (χ3n) is 6.43. The highest BCUT2D eigenvalue weighted by molar-refractivity contribution is 6.06. The second-order valence-corrected chi connectivity index (χ2v) is 8.55. The molecule has 7 nitrogen and oxygen atoms in total. The summed E-state index contributed by atoms with van der Waals surface area (Å²) in [5.41, 5.74) is 2.70. The standard InChI is InChI=1S/C22H26N2O5/c1-12-7-13(2)9-16(8-12)23-17(25)11-29-18(26)5-6-24-21(27)19-14-3-4-15(10-14)20(19)22(24)28/h7-9,14-15,19-20H,3-6,10-11H2,1-2H3,(H,23,25)/t14-,15-,19-,20-/m0/s1. The highest BCUT2D eigenvalue weighted by Crippen LogP contribution is 2.56. The van der Waals surface area contributed by atoms with Crippen LogP contribution in [0.2, 0.25) is 0 Å². The number of nitrogens with one attached hydrogen (secondary N) is 1. The number of aryl methyl sites for hydroxylation is 2. The van der Waals surface area contributed by atoms with Crippen molar-refractivity contribution in [2.75, 3.05) is 18.5 Å². The molecule has 1 heterocycles. The average molecular weight is 398 g/mol. The molecule has 2 bridgehead atoms. The molecule has 7 heteroatoms. The molecular weight excluding hydrogens is 372 g/mol. The predicted octanol–water partition coefficient (Wildman–Crippen LogP) is 2.21. The van der Waals surface area contributed by atoms with E-state index in [1.54, 1.807) is 0 Å². The number of hydrogen-bond acceptors (Lipinski definition) is 5. The SMILES string of the molecule is Cc1cc(C)cc(NC(=O)COC(=O)CCN2C(=O)[C@H]3[C@H]4CC[C@@H](C4)[C@@H]3C2=O)c1. The Labute approximate surface area is 169 Å². The molecule has 4 rings (SSSR count). The van der Waals surface area contributed by atoms with Gasteiger partial charge in [0.1, 0.15) is 0 Å². The molecule has 1 aromatic carbocycles. The number of imide groups is 1. The van der Waals surface area contributed by atoms with Gasteiger partial charge in [0.2, 0.25) is 11.8 Å². The lowest BCUT2D eigenvalue weighted by Gasteiger charge is -2.19. The normalized spacial score (nSPS) is 27.3. The molecule has 1 N–H and O–H groups in total. The molecule has 1 aliphatic heterocycles. The Balaban J connectivity index is 1.24. The second kappa shape index (κ2) is 7.61. The number of amides is 3. The fraction of sp³-hybridized carbons (Fsp3) is 0.545. The highest BCUT2D eigenvalue weighted by atomic mass is 16.5. The number of nitrogens with zero attached hydrogens (tertiary/aromatic N) is 1. The predicted molar refractivity (Wildman–Crippen MR) is 105 cm³/mol. The van der Waals surface area contributed by atoms with Crippen LogP contribution in [0.15, 0.2) is 18.2 Å². The molecular formula is C22H26N2O5. The van der Waals surface area contributed by atoms with Gasteiger partial charge in [0, 0.05) is 12.2 Å². The summed E-state index contributed by atoms with van der Waals surface area (Å²) in [6, 6.07) is 5.67. The number of ether oxygens (including phenoxy) is 1. The Bertz CT molecular complexity index is 832. The minimum absolute atomic E-state index is 0.0294. The van der Waals surface area contributed by atoms with Crippen molar-refractivity contribution in [3.8, 4) is 0 Å². The van der Waals surface area contributed by atoms with E-state index in [0.717, 1.165) is 30.4 Å². The van der Waals surface area contributed by atoms with E-state index < -0.39 is 18.5 Å². The maximum atomic E-state index is 12.6. The second-order valence-electron chi connectivity index (χ2n) is 8.55. The van der Waals surface area contributed by atoms with Crippen LogP contribution in [0.5, 0.6) is 0 Å². The van der Waals surface area contributed by atoms with Crippen molar-refractivity contribution in [1.82, 2.24) is 4.90 Å². The molecule has 154 valence electrons. The van der Waals surface area contributed by atoms with E-state index in [-0.39, 0.29) is 36.6 Å². The zero-order valence-corrected chi connectivity index (χ0v) is 16.8. The van der Waals surface area contributed by atoms with Crippen LogP contribution in [0, 0.1) is 37.5 Å². The highest BCUT2D eigenvalue weighted by Gasteiger charge is 2.60. The zero-order chi connectivity index (χ0) is 20.7. The Morgan fingerprint density at radius 1 is 1.03 bits per heavy atom. The number of esters is 1. The van der Waals surface area contributed by atoms with Crippen molar-refractivity contribution < 1.29 is 23.9 Å². The van der Waals surface area contributed by atoms with E-state index >= 15 is 0 Å². The summed E-state index contributed by atoms with van der Waals surface area (Å²) in [7, 11) is 0. The monoisotopic (exact) mass is 398 g/mol. The van der Waals surface area contributed by atoms with Crippen molar-refractivity contribution in [2.24, 2.45) is 23.7 Å². The van der Waals surface area contributed by atoms with Crippen LogP contribution in [-0.2, 0) is 23.9 Å². The number of carbonyl (C=O) groups excluding carboxylic acids is 4. The van der Waals surface area contributed by atoms with Crippen molar-refractivity contribution in [2.45, 2.75) is 39.5 Å². The Morgan fingerprint density at radius 2 is 1.62 bits per heavy atom. The van der Waals surface area contributed by atoms with Gasteiger partial charge in [-0.2, -0.15) is 0 Å². The van der Waals surface area contributed by atoms with Crippen molar-refractivity contribution in [3.05, 3.63) is 29.3 Å². The molecule has 0 unspecified atom stereocenters. The van der Waals surface area contributed by atoms with Crippen molar-refractivity contribution in [1.29, 1.82) is 0 Å². The Hall–Kier alpha value is -2.70. The zero-order valence-electron chi connectivity index (χ0n) is 16.8. The maximum absolute atomic E-state index is 12.6. The molecule has 1 saturated heterocycles. The topological polar surface area (TPSA) is 92.8 Å². The van der Waals surface area contributed by atoms with Crippen LogP contribution in [0.1, 0.15) is 36.8 Å². The maximum Gasteiger partial charge on any atom is 0.308 e. The first-order chi connectivity index (χ1) is 13.8. The van der Waals surface area contributed by atoms with Crippen LogP contribution in [0.25, 0.3) is 0 Å². The molecule has 29 heavy (non-hydrogen) atoms. The molecule has 2 aliphatic carbocycles. The smallest absolute Gasteiger partial charge is 0.308 e. The minimum Gasteiger partial charge on any atom is -0.456 e. The van der Waals surface area contributed by atoms with E-state index in [2.05, 4.69) is 5.32 Å².